The van der Waals surface area contributed by atoms with Gasteiger partial charge in [0.1, 0.15) is 11.5 Å². The number of benzene rings is 1. The lowest BCUT2D eigenvalue weighted by Crippen LogP contribution is -2.34. The van der Waals surface area contributed by atoms with E-state index in [1.807, 2.05) is 24.0 Å². The highest BCUT2D eigenvalue weighted by Gasteiger charge is 2.39. The van der Waals surface area contributed by atoms with Crippen LogP contribution in [0.1, 0.15) is 41.3 Å². The van der Waals surface area contributed by atoms with E-state index in [9.17, 15) is 4.79 Å². The van der Waals surface area contributed by atoms with Gasteiger partial charge in [-0.3, -0.25) is 9.78 Å². The van der Waals surface area contributed by atoms with Crippen LogP contribution in [0, 0.1) is 12.8 Å². The first-order chi connectivity index (χ1) is 11.1. The fourth-order valence-corrected chi connectivity index (χ4v) is 3.56. The Balaban J connectivity index is 1.75. The Morgan fingerprint density at radius 1 is 1.26 bits per heavy atom. The Morgan fingerprint density at radius 2 is 2.00 bits per heavy atom. The van der Waals surface area contributed by atoms with E-state index >= 15 is 0 Å². The van der Waals surface area contributed by atoms with Crippen molar-refractivity contribution in [1.29, 1.82) is 0 Å². The number of carbonyl (C=O) groups excluding carboxylic acids is 1. The standard InChI is InChI=1S/C18H20N4O/c1-10-7-13(16-17(19)21-6-5-20-16)8-14-9-22(18(23)15(10)14)11(2)12-3-4-12/h5-8,11-12H,3-4,9H2,1-2H3,(H2,19,21)/t11-/m0/s1. The molecule has 1 amide bonds. The molecule has 118 valence electrons. The maximum absolute atomic E-state index is 12.8. The third-order valence-electron chi connectivity index (χ3n) is 5.03. The number of hydrogen-bond acceptors (Lipinski definition) is 4. The summed E-state index contributed by atoms with van der Waals surface area (Å²) in [7, 11) is 0. The van der Waals surface area contributed by atoms with Gasteiger partial charge in [-0.2, -0.15) is 0 Å². The third-order valence-corrected chi connectivity index (χ3v) is 5.03. The molecule has 2 aliphatic rings. The smallest absolute Gasteiger partial charge is 0.255 e. The van der Waals surface area contributed by atoms with E-state index < -0.39 is 0 Å². The van der Waals surface area contributed by atoms with Crippen LogP contribution in [-0.4, -0.2) is 26.8 Å². The van der Waals surface area contributed by atoms with E-state index in [1.165, 1.54) is 12.8 Å². The summed E-state index contributed by atoms with van der Waals surface area (Å²) in [6.45, 7) is 4.83. The number of aryl methyl sites for hydroxylation is 1. The SMILES string of the molecule is Cc1cc(-c2nccnc2N)cc2c1C(=O)N([C@@H](C)C1CC1)C2. The number of nitrogens with two attached hydrogens (primary N) is 1. The molecule has 4 rings (SSSR count). The highest BCUT2D eigenvalue weighted by molar-refractivity contribution is 6.00. The molecule has 5 nitrogen and oxygen atoms in total. The molecular weight excluding hydrogens is 288 g/mol. The molecule has 5 heteroatoms. The van der Waals surface area contributed by atoms with Gasteiger partial charge in [-0.1, -0.05) is 0 Å². The van der Waals surface area contributed by atoms with Gasteiger partial charge in [0.15, 0.2) is 0 Å². The van der Waals surface area contributed by atoms with E-state index in [4.69, 9.17) is 5.73 Å². The van der Waals surface area contributed by atoms with Crippen molar-refractivity contribution in [3.8, 4) is 11.3 Å². The molecule has 2 heterocycles. The van der Waals surface area contributed by atoms with Gasteiger partial charge in [0, 0.05) is 36.1 Å². The van der Waals surface area contributed by atoms with E-state index in [0.717, 1.165) is 22.3 Å². The average Bonchev–Trinajstić information content (AvgIpc) is 3.31. The second-order valence-corrected chi connectivity index (χ2v) is 6.63. The molecule has 1 aliphatic heterocycles. The van der Waals surface area contributed by atoms with E-state index in [0.29, 0.717) is 30.0 Å². The zero-order chi connectivity index (χ0) is 16.1. The van der Waals surface area contributed by atoms with Crippen LogP contribution in [0.5, 0.6) is 0 Å². The molecule has 1 saturated carbocycles. The van der Waals surface area contributed by atoms with Crippen LogP contribution in [0.3, 0.4) is 0 Å². The molecule has 1 aliphatic carbocycles. The van der Waals surface area contributed by atoms with Crippen molar-refractivity contribution in [2.24, 2.45) is 5.92 Å². The molecule has 2 aromatic rings. The van der Waals surface area contributed by atoms with Crippen molar-refractivity contribution in [2.75, 3.05) is 5.73 Å². The van der Waals surface area contributed by atoms with Crippen molar-refractivity contribution in [1.82, 2.24) is 14.9 Å². The molecule has 23 heavy (non-hydrogen) atoms. The summed E-state index contributed by atoms with van der Waals surface area (Å²) >= 11 is 0. The van der Waals surface area contributed by atoms with Crippen LogP contribution in [0.2, 0.25) is 0 Å². The fourth-order valence-electron chi connectivity index (χ4n) is 3.56. The number of nitrogens with zero attached hydrogens (tertiary/aromatic N) is 3. The van der Waals surface area contributed by atoms with Crippen molar-refractivity contribution < 1.29 is 4.79 Å². The Hall–Kier alpha value is -2.43. The number of rotatable bonds is 3. The number of anilines is 1. The number of nitrogen functional groups attached to an aromatic ring is 1. The molecule has 1 aromatic carbocycles. The van der Waals surface area contributed by atoms with E-state index in [1.54, 1.807) is 12.4 Å². The number of carbonyl (C=O) groups is 1. The number of fused-ring (bicyclic) bond motifs is 1. The second kappa shape index (κ2) is 5.05. The maximum atomic E-state index is 12.8. The van der Waals surface area contributed by atoms with Crippen LogP contribution in [-0.2, 0) is 6.54 Å². The van der Waals surface area contributed by atoms with E-state index in [-0.39, 0.29) is 5.91 Å². The Bertz CT molecular complexity index is 798. The zero-order valence-electron chi connectivity index (χ0n) is 13.4. The van der Waals surface area contributed by atoms with Crippen LogP contribution in [0.4, 0.5) is 5.82 Å². The summed E-state index contributed by atoms with van der Waals surface area (Å²) in [6, 6.07) is 4.35. The summed E-state index contributed by atoms with van der Waals surface area (Å²) < 4.78 is 0. The molecule has 0 radical (unpaired) electrons. The van der Waals surface area contributed by atoms with Crippen LogP contribution < -0.4 is 5.73 Å². The largest absolute Gasteiger partial charge is 0.382 e. The van der Waals surface area contributed by atoms with Gasteiger partial charge in [0.05, 0.1) is 0 Å². The number of aromatic nitrogens is 2. The second-order valence-electron chi connectivity index (χ2n) is 6.63. The molecule has 0 spiro atoms. The minimum absolute atomic E-state index is 0.163. The zero-order valence-corrected chi connectivity index (χ0v) is 13.4. The average molecular weight is 308 g/mol. The lowest BCUT2D eigenvalue weighted by Gasteiger charge is -2.24. The van der Waals surface area contributed by atoms with Gasteiger partial charge in [-0.15, -0.1) is 0 Å². The Labute approximate surface area is 135 Å². The highest BCUT2D eigenvalue weighted by atomic mass is 16.2. The van der Waals surface area contributed by atoms with Crippen molar-refractivity contribution in [3.05, 3.63) is 41.2 Å². The first-order valence-corrected chi connectivity index (χ1v) is 8.07. The van der Waals surface area contributed by atoms with Gasteiger partial charge < -0.3 is 10.6 Å². The minimum Gasteiger partial charge on any atom is -0.382 e. The third kappa shape index (κ3) is 2.27. The first-order valence-electron chi connectivity index (χ1n) is 8.07. The predicted octanol–water partition coefficient (Wildman–Crippen LogP) is 2.79. The quantitative estimate of drug-likeness (QED) is 0.946. The van der Waals surface area contributed by atoms with Crippen molar-refractivity contribution in [2.45, 2.75) is 39.3 Å². The molecule has 1 fully saturated rings. The lowest BCUT2D eigenvalue weighted by atomic mass is 9.98. The first kappa shape index (κ1) is 14.2. The Kier molecular flexibility index (Phi) is 3.11. The Morgan fingerprint density at radius 3 is 2.70 bits per heavy atom. The van der Waals surface area contributed by atoms with Crippen LogP contribution in [0.15, 0.2) is 24.5 Å². The highest BCUT2D eigenvalue weighted by Crippen LogP contribution is 2.39. The van der Waals surface area contributed by atoms with Crippen molar-refractivity contribution in [3.63, 3.8) is 0 Å². The summed E-state index contributed by atoms with van der Waals surface area (Å²) in [5, 5.41) is 0. The minimum atomic E-state index is 0.163. The predicted molar refractivity (Wildman–Crippen MR) is 88.7 cm³/mol. The molecular formula is C18H20N4O. The van der Waals surface area contributed by atoms with Gasteiger partial charge in [0.2, 0.25) is 0 Å². The van der Waals surface area contributed by atoms with Crippen LogP contribution >= 0.6 is 0 Å². The molecule has 0 unspecified atom stereocenters. The topological polar surface area (TPSA) is 72.1 Å². The van der Waals surface area contributed by atoms with Gasteiger partial charge >= 0.3 is 0 Å². The van der Waals surface area contributed by atoms with Gasteiger partial charge in [-0.25, -0.2) is 4.98 Å². The fraction of sp³-hybridized carbons (Fsp3) is 0.389. The summed E-state index contributed by atoms with van der Waals surface area (Å²) in [4.78, 5) is 23.2. The number of hydrogen-bond donors (Lipinski definition) is 1. The van der Waals surface area contributed by atoms with Gasteiger partial charge in [0.25, 0.3) is 5.91 Å². The van der Waals surface area contributed by atoms with Crippen molar-refractivity contribution >= 4 is 11.7 Å². The molecule has 2 N–H and O–H groups in total. The maximum Gasteiger partial charge on any atom is 0.255 e. The molecule has 1 aromatic heterocycles. The molecule has 0 bridgehead atoms. The van der Waals surface area contributed by atoms with E-state index in [2.05, 4.69) is 16.9 Å². The normalized spacial score (nSPS) is 18.2. The number of amides is 1. The lowest BCUT2D eigenvalue weighted by molar-refractivity contribution is 0.0697. The van der Waals surface area contributed by atoms with Crippen LogP contribution in [0.25, 0.3) is 11.3 Å². The summed E-state index contributed by atoms with van der Waals surface area (Å²) in [5.41, 5.74) is 10.5. The van der Waals surface area contributed by atoms with Gasteiger partial charge in [-0.05, 0) is 55.9 Å². The summed E-state index contributed by atoms with van der Waals surface area (Å²) in [6.07, 6.45) is 5.70. The summed E-state index contributed by atoms with van der Waals surface area (Å²) in [5.74, 6) is 1.25. The monoisotopic (exact) mass is 308 g/mol. The molecule has 1 atom stereocenters. The molecule has 0 saturated heterocycles.